The zero-order valence-electron chi connectivity index (χ0n) is 10.5. The molecule has 3 aromatic rings. The second kappa shape index (κ2) is 5.37. The third-order valence-corrected chi connectivity index (χ3v) is 3.51. The lowest BCUT2D eigenvalue weighted by Gasteiger charge is -2.04. The standard InChI is InChI=1S/C15H8BrF3N2/c16-15-8-13(9-1-3-10(17)4-2-9)20-21(15)14-6-5-11(18)7-12(14)19/h1-8H. The first kappa shape index (κ1) is 13.9. The summed E-state index contributed by atoms with van der Waals surface area (Å²) in [6.07, 6.45) is 0. The molecule has 6 heteroatoms. The van der Waals surface area contributed by atoms with Crippen LogP contribution in [0.15, 0.2) is 53.1 Å². The zero-order valence-corrected chi connectivity index (χ0v) is 12.1. The molecule has 0 bridgehead atoms. The Balaban J connectivity index is 2.07. The predicted octanol–water partition coefficient (Wildman–Crippen LogP) is 4.72. The molecule has 0 fully saturated rings. The Morgan fingerprint density at radius 2 is 1.52 bits per heavy atom. The molecule has 0 atom stereocenters. The van der Waals surface area contributed by atoms with Gasteiger partial charge in [0.15, 0.2) is 5.82 Å². The fraction of sp³-hybridized carbons (Fsp3) is 0. The van der Waals surface area contributed by atoms with Crippen molar-refractivity contribution in [2.75, 3.05) is 0 Å². The Labute approximate surface area is 127 Å². The molecule has 0 aliphatic carbocycles. The number of aromatic nitrogens is 2. The summed E-state index contributed by atoms with van der Waals surface area (Å²) in [4.78, 5) is 0. The van der Waals surface area contributed by atoms with Crippen molar-refractivity contribution in [3.63, 3.8) is 0 Å². The van der Waals surface area contributed by atoms with Crippen molar-refractivity contribution in [2.45, 2.75) is 0 Å². The molecular formula is C15H8BrF3N2. The summed E-state index contributed by atoms with van der Waals surface area (Å²) in [6.45, 7) is 0. The Morgan fingerprint density at radius 1 is 0.857 bits per heavy atom. The maximum Gasteiger partial charge on any atom is 0.151 e. The van der Waals surface area contributed by atoms with Gasteiger partial charge in [0, 0.05) is 11.6 Å². The van der Waals surface area contributed by atoms with Gasteiger partial charge in [-0.05, 0) is 58.4 Å². The molecule has 0 unspecified atom stereocenters. The van der Waals surface area contributed by atoms with E-state index in [2.05, 4.69) is 21.0 Å². The largest absolute Gasteiger partial charge is 0.223 e. The van der Waals surface area contributed by atoms with E-state index in [-0.39, 0.29) is 11.5 Å². The number of hydrogen-bond acceptors (Lipinski definition) is 1. The van der Waals surface area contributed by atoms with Gasteiger partial charge >= 0.3 is 0 Å². The fourth-order valence-electron chi connectivity index (χ4n) is 1.94. The van der Waals surface area contributed by atoms with E-state index >= 15 is 0 Å². The molecular weight excluding hydrogens is 345 g/mol. The van der Waals surface area contributed by atoms with Crippen molar-refractivity contribution in [1.82, 2.24) is 9.78 Å². The molecule has 3 rings (SSSR count). The molecule has 0 radical (unpaired) electrons. The van der Waals surface area contributed by atoms with Crippen LogP contribution in [0, 0.1) is 17.5 Å². The number of nitrogens with zero attached hydrogens (tertiary/aromatic N) is 2. The van der Waals surface area contributed by atoms with Gasteiger partial charge in [-0.2, -0.15) is 5.10 Å². The molecule has 0 saturated heterocycles. The van der Waals surface area contributed by atoms with Crippen LogP contribution in [0.2, 0.25) is 0 Å². The lowest BCUT2D eigenvalue weighted by Crippen LogP contribution is -2.00. The van der Waals surface area contributed by atoms with E-state index in [1.54, 1.807) is 18.2 Å². The molecule has 0 saturated carbocycles. The normalized spacial score (nSPS) is 10.9. The molecule has 0 aliphatic heterocycles. The Kier molecular flexibility index (Phi) is 3.55. The third-order valence-electron chi connectivity index (χ3n) is 2.94. The first-order chi connectivity index (χ1) is 10.0. The smallest absolute Gasteiger partial charge is 0.151 e. The van der Waals surface area contributed by atoms with Crippen molar-refractivity contribution in [3.8, 4) is 16.9 Å². The number of halogens is 4. The van der Waals surface area contributed by atoms with Crippen LogP contribution in [0.25, 0.3) is 16.9 Å². The minimum absolute atomic E-state index is 0.122. The molecule has 106 valence electrons. The van der Waals surface area contributed by atoms with Crippen molar-refractivity contribution in [3.05, 3.63) is 70.6 Å². The van der Waals surface area contributed by atoms with Crippen molar-refractivity contribution in [1.29, 1.82) is 0 Å². The second-order valence-corrected chi connectivity index (χ2v) is 5.18. The van der Waals surface area contributed by atoms with E-state index in [1.807, 2.05) is 0 Å². The van der Waals surface area contributed by atoms with Gasteiger partial charge in [-0.3, -0.25) is 0 Å². The highest BCUT2D eigenvalue weighted by molar-refractivity contribution is 9.10. The summed E-state index contributed by atoms with van der Waals surface area (Å²) >= 11 is 3.28. The molecule has 1 heterocycles. The summed E-state index contributed by atoms with van der Waals surface area (Å²) in [5.41, 5.74) is 1.36. The predicted molar refractivity (Wildman–Crippen MR) is 76.6 cm³/mol. The van der Waals surface area contributed by atoms with Crippen molar-refractivity contribution >= 4 is 15.9 Å². The van der Waals surface area contributed by atoms with Crippen LogP contribution in [0.5, 0.6) is 0 Å². The lowest BCUT2D eigenvalue weighted by atomic mass is 10.1. The third kappa shape index (κ3) is 2.71. The highest BCUT2D eigenvalue weighted by atomic mass is 79.9. The van der Waals surface area contributed by atoms with Crippen LogP contribution in [0.4, 0.5) is 13.2 Å². The summed E-state index contributed by atoms with van der Waals surface area (Å²) in [5.74, 6) is -1.72. The minimum Gasteiger partial charge on any atom is -0.223 e. The summed E-state index contributed by atoms with van der Waals surface area (Å²) in [5, 5.41) is 4.26. The highest BCUT2D eigenvalue weighted by Gasteiger charge is 2.13. The Hall–Kier alpha value is -2.08. The van der Waals surface area contributed by atoms with Crippen LogP contribution in [0.3, 0.4) is 0 Å². The number of hydrogen-bond donors (Lipinski definition) is 0. The first-order valence-corrected chi connectivity index (χ1v) is 6.81. The van der Waals surface area contributed by atoms with Crippen LogP contribution < -0.4 is 0 Å². The van der Waals surface area contributed by atoms with E-state index in [0.29, 0.717) is 15.9 Å². The van der Waals surface area contributed by atoms with Gasteiger partial charge in [0.2, 0.25) is 0 Å². The maximum atomic E-state index is 13.8. The quantitative estimate of drug-likeness (QED) is 0.652. The van der Waals surface area contributed by atoms with Gasteiger partial charge < -0.3 is 0 Å². The lowest BCUT2D eigenvalue weighted by molar-refractivity contribution is 0.573. The topological polar surface area (TPSA) is 17.8 Å². The summed E-state index contributed by atoms with van der Waals surface area (Å²) in [7, 11) is 0. The molecule has 0 aliphatic rings. The van der Waals surface area contributed by atoms with Crippen LogP contribution >= 0.6 is 15.9 Å². The Morgan fingerprint density at radius 3 is 2.19 bits per heavy atom. The average molecular weight is 353 g/mol. The highest BCUT2D eigenvalue weighted by Crippen LogP contribution is 2.26. The van der Waals surface area contributed by atoms with E-state index in [9.17, 15) is 13.2 Å². The molecule has 2 nitrogen and oxygen atoms in total. The SMILES string of the molecule is Fc1ccc(-c2cc(Br)n(-c3ccc(F)cc3F)n2)cc1. The van der Waals surface area contributed by atoms with Crippen LogP contribution in [-0.4, -0.2) is 9.78 Å². The molecule has 0 N–H and O–H groups in total. The van der Waals surface area contributed by atoms with Gasteiger partial charge in [0.05, 0.1) is 5.69 Å². The van der Waals surface area contributed by atoms with Crippen molar-refractivity contribution in [2.24, 2.45) is 0 Å². The molecule has 0 amide bonds. The van der Waals surface area contributed by atoms with Crippen molar-refractivity contribution < 1.29 is 13.2 Å². The average Bonchev–Trinajstić information content (AvgIpc) is 2.81. The Bertz CT molecular complexity index is 797. The first-order valence-electron chi connectivity index (χ1n) is 6.01. The molecule has 0 spiro atoms. The van der Waals surface area contributed by atoms with Crippen LogP contribution in [0.1, 0.15) is 0 Å². The van der Waals surface area contributed by atoms with Gasteiger partial charge in [-0.25, -0.2) is 17.9 Å². The van der Waals surface area contributed by atoms with Gasteiger partial charge in [0.1, 0.15) is 21.9 Å². The monoisotopic (exact) mass is 352 g/mol. The second-order valence-electron chi connectivity index (χ2n) is 4.37. The van der Waals surface area contributed by atoms with Gasteiger partial charge in [0.25, 0.3) is 0 Å². The molecule has 21 heavy (non-hydrogen) atoms. The zero-order chi connectivity index (χ0) is 15.0. The summed E-state index contributed by atoms with van der Waals surface area (Å²) < 4.78 is 41.5. The fourth-order valence-corrected chi connectivity index (χ4v) is 2.43. The van der Waals surface area contributed by atoms with E-state index in [1.165, 1.54) is 22.9 Å². The van der Waals surface area contributed by atoms with Gasteiger partial charge in [-0.1, -0.05) is 0 Å². The van der Waals surface area contributed by atoms with Crippen LogP contribution in [-0.2, 0) is 0 Å². The number of benzene rings is 2. The summed E-state index contributed by atoms with van der Waals surface area (Å²) in [6, 6.07) is 10.7. The van der Waals surface area contributed by atoms with Gasteiger partial charge in [-0.15, -0.1) is 0 Å². The molecule has 2 aromatic carbocycles. The molecule has 1 aromatic heterocycles. The maximum absolute atomic E-state index is 13.8. The minimum atomic E-state index is -0.718. The van der Waals surface area contributed by atoms with E-state index in [0.717, 1.165) is 12.1 Å². The number of rotatable bonds is 2. The van der Waals surface area contributed by atoms with E-state index < -0.39 is 11.6 Å². The van der Waals surface area contributed by atoms with E-state index in [4.69, 9.17) is 0 Å².